The SMILES string of the molecule is CC[C@H](C)[C@H](N)c1nc(C2CCC(C)C2)no1. The number of hydrogen-bond donors (Lipinski definition) is 1. The molecule has 0 amide bonds. The molecule has 0 saturated heterocycles. The highest BCUT2D eigenvalue weighted by Gasteiger charge is 2.28. The normalized spacial score (nSPS) is 28.2. The van der Waals surface area contributed by atoms with Crippen LogP contribution < -0.4 is 5.73 Å². The molecule has 1 fully saturated rings. The van der Waals surface area contributed by atoms with Crippen molar-refractivity contribution in [3.8, 4) is 0 Å². The lowest BCUT2D eigenvalue weighted by molar-refractivity contribution is 0.309. The molecule has 2 N–H and O–H groups in total. The van der Waals surface area contributed by atoms with Crippen molar-refractivity contribution >= 4 is 0 Å². The fraction of sp³-hybridized carbons (Fsp3) is 0.846. The summed E-state index contributed by atoms with van der Waals surface area (Å²) in [5.41, 5.74) is 6.09. The van der Waals surface area contributed by atoms with Gasteiger partial charge in [0.15, 0.2) is 5.82 Å². The largest absolute Gasteiger partial charge is 0.338 e. The van der Waals surface area contributed by atoms with Crippen LogP contribution >= 0.6 is 0 Å². The average molecular weight is 237 g/mol. The Bertz CT molecular complexity index is 347. The molecule has 4 nitrogen and oxygen atoms in total. The van der Waals surface area contributed by atoms with Crippen LogP contribution in [0.4, 0.5) is 0 Å². The summed E-state index contributed by atoms with van der Waals surface area (Å²) >= 11 is 0. The van der Waals surface area contributed by atoms with Crippen LogP contribution in [0.3, 0.4) is 0 Å². The van der Waals surface area contributed by atoms with E-state index in [-0.39, 0.29) is 6.04 Å². The lowest BCUT2D eigenvalue weighted by Gasteiger charge is -2.13. The molecule has 2 unspecified atom stereocenters. The van der Waals surface area contributed by atoms with Gasteiger partial charge in [-0.05, 0) is 31.1 Å². The van der Waals surface area contributed by atoms with Gasteiger partial charge in [-0.3, -0.25) is 0 Å². The van der Waals surface area contributed by atoms with Gasteiger partial charge in [0.2, 0.25) is 5.89 Å². The van der Waals surface area contributed by atoms with Gasteiger partial charge in [-0.25, -0.2) is 0 Å². The van der Waals surface area contributed by atoms with E-state index in [0.717, 1.165) is 18.2 Å². The Hall–Kier alpha value is -0.900. The summed E-state index contributed by atoms with van der Waals surface area (Å²) in [5.74, 6) is 3.11. The molecule has 1 aromatic rings. The third-order valence-corrected chi connectivity index (χ3v) is 4.06. The Labute approximate surface area is 103 Å². The third kappa shape index (κ3) is 2.68. The molecule has 1 aliphatic carbocycles. The molecule has 1 aliphatic rings. The molecule has 96 valence electrons. The molecule has 4 atom stereocenters. The van der Waals surface area contributed by atoms with Gasteiger partial charge in [-0.1, -0.05) is 32.3 Å². The number of aromatic nitrogens is 2. The van der Waals surface area contributed by atoms with Crippen molar-refractivity contribution in [1.82, 2.24) is 10.1 Å². The van der Waals surface area contributed by atoms with Crippen molar-refractivity contribution in [2.24, 2.45) is 17.6 Å². The number of rotatable bonds is 4. The van der Waals surface area contributed by atoms with Crippen LogP contribution in [0.2, 0.25) is 0 Å². The van der Waals surface area contributed by atoms with Gasteiger partial charge in [-0.2, -0.15) is 4.98 Å². The lowest BCUT2D eigenvalue weighted by atomic mass is 10.00. The molecule has 4 heteroatoms. The molecule has 0 radical (unpaired) electrons. The lowest BCUT2D eigenvalue weighted by Crippen LogP contribution is -2.19. The summed E-state index contributed by atoms with van der Waals surface area (Å²) in [6.45, 7) is 6.53. The fourth-order valence-corrected chi connectivity index (χ4v) is 2.49. The van der Waals surface area contributed by atoms with Gasteiger partial charge in [0.25, 0.3) is 0 Å². The maximum Gasteiger partial charge on any atom is 0.243 e. The van der Waals surface area contributed by atoms with Gasteiger partial charge < -0.3 is 10.3 Å². The zero-order chi connectivity index (χ0) is 12.4. The molecule has 1 saturated carbocycles. The summed E-state index contributed by atoms with van der Waals surface area (Å²) in [5, 5.41) is 4.10. The monoisotopic (exact) mass is 237 g/mol. The maximum absolute atomic E-state index is 6.09. The van der Waals surface area contributed by atoms with E-state index in [2.05, 4.69) is 30.9 Å². The molecule has 0 aromatic carbocycles. The number of nitrogens with two attached hydrogens (primary N) is 1. The van der Waals surface area contributed by atoms with E-state index in [4.69, 9.17) is 10.3 Å². The first-order valence-corrected chi connectivity index (χ1v) is 6.70. The molecule has 0 aliphatic heterocycles. The Morgan fingerprint density at radius 3 is 2.82 bits per heavy atom. The van der Waals surface area contributed by atoms with E-state index in [0.29, 0.717) is 17.7 Å². The fourth-order valence-electron chi connectivity index (χ4n) is 2.49. The van der Waals surface area contributed by atoms with Crippen molar-refractivity contribution in [1.29, 1.82) is 0 Å². The maximum atomic E-state index is 6.09. The molecule has 1 aromatic heterocycles. The highest BCUT2D eigenvalue weighted by molar-refractivity contribution is 5.01. The van der Waals surface area contributed by atoms with Crippen LogP contribution in [0.15, 0.2) is 4.52 Å². The first-order chi connectivity index (χ1) is 8.11. The summed E-state index contributed by atoms with van der Waals surface area (Å²) in [7, 11) is 0. The minimum atomic E-state index is -0.125. The zero-order valence-electron chi connectivity index (χ0n) is 11.0. The molecular weight excluding hydrogens is 214 g/mol. The molecule has 2 rings (SSSR count). The van der Waals surface area contributed by atoms with Crippen LogP contribution in [-0.4, -0.2) is 10.1 Å². The molecule has 1 heterocycles. The van der Waals surface area contributed by atoms with E-state index >= 15 is 0 Å². The average Bonchev–Trinajstić information content (AvgIpc) is 2.95. The smallest absolute Gasteiger partial charge is 0.243 e. The predicted molar refractivity (Wildman–Crippen MR) is 66.4 cm³/mol. The van der Waals surface area contributed by atoms with E-state index in [1.54, 1.807) is 0 Å². The Kier molecular flexibility index (Phi) is 3.82. The Morgan fingerprint density at radius 1 is 1.47 bits per heavy atom. The van der Waals surface area contributed by atoms with Crippen LogP contribution in [0, 0.1) is 11.8 Å². The number of hydrogen-bond acceptors (Lipinski definition) is 4. The standard InChI is InChI=1S/C13H23N3O/c1-4-9(3)11(14)13-15-12(16-17-13)10-6-5-8(2)7-10/h8-11H,4-7,14H2,1-3H3/t8?,9-,10?,11-/m0/s1. The van der Waals surface area contributed by atoms with Gasteiger partial charge in [0, 0.05) is 5.92 Å². The van der Waals surface area contributed by atoms with Gasteiger partial charge in [0.1, 0.15) is 0 Å². The van der Waals surface area contributed by atoms with Crippen LogP contribution in [0.1, 0.15) is 70.1 Å². The van der Waals surface area contributed by atoms with Gasteiger partial charge >= 0.3 is 0 Å². The first-order valence-electron chi connectivity index (χ1n) is 6.70. The van der Waals surface area contributed by atoms with Crippen LogP contribution in [-0.2, 0) is 0 Å². The number of nitrogens with zero attached hydrogens (tertiary/aromatic N) is 2. The minimum Gasteiger partial charge on any atom is -0.338 e. The second-order valence-corrected chi connectivity index (χ2v) is 5.52. The second kappa shape index (κ2) is 5.17. The predicted octanol–water partition coefficient (Wildman–Crippen LogP) is 3.02. The van der Waals surface area contributed by atoms with Crippen molar-refractivity contribution in [2.75, 3.05) is 0 Å². The minimum absolute atomic E-state index is 0.125. The van der Waals surface area contributed by atoms with Crippen molar-refractivity contribution in [2.45, 2.75) is 58.4 Å². The third-order valence-electron chi connectivity index (χ3n) is 4.06. The molecule has 0 spiro atoms. The van der Waals surface area contributed by atoms with Gasteiger partial charge in [-0.15, -0.1) is 0 Å². The highest BCUT2D eigenvalue weighted by Crippen LogP contribution is 2.36. The molecule has 17 heavy (non-hydrogen) atoms. The quantitative estimate of drug-likeness (QED) is 0.874. The molecule has 0 bridgehead atoms. The summed E-state index contributed by atoms with van der Waals surface area (Å²) in [6.07, 6.45) is 4.65. The van der Waals surface area contributed by atoms with Crippen molar-refractivity contribution in [3.05, 3.63) is 11.7 Å². The Balaban J connectivity index is 2.05. The summed E-state index contributed by atoms with van der Waals surface area (Å²) < 4.78 is 5.31. The van der Waals surface area contributed by atoms with E-state index in [1.807, 2.05) is 0 Å². The summed E-state index contributed by atoms with van der Waals surface area (Å²) in [6, 6.07) is -0.125. The summed E-state index contributed by atoms with van der Waals surface area (Å²) in [4.78, 5) is 4.49. The Morgan fingerprint density at radius 2 is 2.24 bits per heavy atom. The zero-order valence-corrected chi connectivity index (χ0v) is 11.0. The van der Waals surface area contributed by atoms with Crippen molar-refractivity contribution in [3.63, 3.8) is 0 Å². The van der Waals surface area contributed by atoms with E-state index < -0.39 is 0 Å². The highest BCUT2D eigenvalue weighted by atomic mass is 16.5. The van der Waals surface area contributed by atoms with Crippen LogP contribution in [0.25, 0.3) is 0 Å². The van der Waals surface area contributed by atoms with E-state index in [1.165, 1.54) is 19.3 Å². The molecular formula is C13H23N3O. The van der Waals surface area contributed by atoms with Crippen LogP contribution in [0.5, 0.6) is 0 Å². The van der Waals surface area contributed by atoms with Gasteiger partial charge in [0.05, 0.1) is 6.04 Å². The second-order valence-electron chi connectivity index (χ2n) is 5.52. The van der Waals surface area contributed by atoms with Crippen molar-refractivity contribution < 1.29 is 4.52 Å². The first kappa shape index (κ1) is 12.6. The topological polar surface area (TPSA) is 64.9 Å². The van der Waals surface area contributed by atoms with E-state index in [9.17, 15) is 0 Å².